The smallest absolute Gasteiger partial charge is 0.220 e. The molecule has 0 saturated carbocycles. The van der Waals surface area contributed by atoms with E-state index in [-0.39, 0.29) is 5.91 Å². The summed E-state index contributed by atoms with van der Waals surface area (Å²) in [7, 11) is 0. The van der Waals surface area contributed by atoms with Crippen molar-refractivity contribution < 1.29 is 9.53 Å². The van der Waals surface area contributed by atoms with Crippen molar-refractivity contribution in [1.29, 1.82) is 0 Å². The fourth-order valence-electron chi connectivity index (χ4n) is 3.68. The molecule has 0 radical (unpaired) electrons. The fraction of sp³-hybridized carbons (Fsp3) is 0.458. The van der Waals surface area contributed by atoms with Crippen molar-refractivity contribution in [3.05, 3.63) is 59.1 Å². The summed E-state index contributed by atoms with van der Waals surface area (Å²) in [4.78, 5) is 16.9. The lowest BCUT2D eigenvalue weighted by Crippen LogP contribution is -2.47. The minimum Gasteiger partial charge on any atom is -0.493 e. The van der Waals surface area contributed by atoms with Crippen LogP contribution in [0.5, 0.6) is 5.75 Å². The van der Waals surface area contributed by atoms with Crippen LogP contribution in [-0.4, -0.2) is 56.7 Å². The summed E-state index contributed by atoms with van der Waals surface area (Å²) in [5, 5.41) is 3.73. The van der Waals surface area contributed by atoms with E-state index in [1.54, 1.807) is 0 Å². The zero-order valence-corrected chi connectivity index (χ0v) is 18.5. The third kappa shape index (κ3) is 7.22. The highest BCUT2D eigenvalue weighted by atomic mass is 35.5. The molecule has 1 heterocycles. The molecule has 30 heavy (non-hydrogen) atoms. The number of nitrogens with one attached hydrogen (secondary N) is 1. The Morgan fingerprint density at radius 3 is 2.57 bits per heavy atom. The number of nitrogens with zero attached hydrogens (tertiary/aromatic N) is 2. The summed E-state index contributed by atoms with van der Waals surface area (Å²) in [6, 6.07) is 16.2. The second-order valence-electron chi connectivity index (χ2n) is 7.73. The molecule has 0 aromatic heterocycles. The SMILES string of the molecule is Cc1cc(Cl)ccc1OCCCC(=O)NCCCN1CCN(c2ccccc2)CC1. The number of benzene rings is 2. The molecule has 6 heteroatoms. The molecule has 2 aromatic rings. The van der Waals surface area contributed by atoms with Gasteiger partial charge in [0.2, 0.25) is 5.91 Å². The van der Waals surface area contributed by atoms with Gasteiger partial charge in [0, 0.05) is 49.9 Å². The molecule has 0 unspecified atom stereocenters. The molecule has 0 atom stereocenters. The minimum atomic E-state index is 0.0975. The van der Waals surface area contributed by atoms with Gasteiger partial charge in [-0.15, -0.1) is 0 Å². The number of carbonyl (C=O) groups is 1. The number of piperazine rings is 1. The number of rotatable bonds is 10. The Morgan fingerprint density at radius 1 is 1.07 bits per heavy atom. The van der Waals surface area contributed by atoms with Crippen molar-refractivity contribution in [2.24, 2.45) is 0 Å². The molecule has 1 aliphatic heterocycles. The van der Waals surface area contributed by atoms with E-state index in [9.17, 15) is 4.79 Å². The van der Waals surface area contributed by atoms with Crippen LogP contribution < -0.4 is 15.0 Å². The van der Waals surface area contributed by atoms with Crippen molar-refractivity contribution in [2.45, 2.75) is 26.2 Å². The molecule has 2 aromatic carbocycles. The predicted octanol–water partition coefficient (Wildman–Crippen LogP) is 4.14. The zero-order valence-electron chi connectivity index (χ0n) is 17.8. The topological polar surface area (TPSA) is 44.8 Å². The normalized spacial score (nSPS) is 14.5. The van der Waals surface area contributed by atoms with E-state index in [1.807, 2.05) is 25.1 Å². The molecule has 3 rings (SSSR count). The lowest BCUT2D eigenvalue weighted by molar-refractivity contribution is -0.121. The number of ether oxygens (including phenoxy) is 1. The van der Waals surface area contributed by atoms with Crippen LogP contribution in [0.4, 0.5) is 5.69 Å². The van der Waals surface area contributed by atoms with Crippen molar-refractivity contribution in [2.75, 3.05) is 50.8 Å². The average molecular weight is 430 g/mol. The Bertz CT molecular complexity index is 792. The number of carbonyl (C=O) groups excluding carboxylic acids is 1. The molecule has 0 bridgehead atoms. The second-order valence-corrected chi connectivity index (χ2v) is 8.17. The molecular weight excluding hydrogens is 398 g/mol. The minimum absolute atomic E-state index is 0.0975. The van der Waals surface area contributed by atoms with E-state index >= 15 is 0 Å². The van der Waals surface area contributed by atoms with Gasteiger partial charge in [-0.05, 0) is 62.2 Å². The largest absolute Gasteiger partial charge is 0.493 e. The quantitative estimate of drug-likeness (QED) is 0.576. The van der Waals surface area contributed by atoms with E-state index in [0.717, 1.165) is 57.0 Å². The Hall–Kier alpha value is -2.24. The third-order valence-electron chi connectivity index (χ3n) is 5.41. The van der Waals surface area contributed by atoms with Crippen molar-refractivity contribution in [1.82, 2.24) is 10.2 Å². The number of halogens is 1. The third-order valence-corrected chi connectivity index (χ3v) is 5.64. The zero-order chi connectivity index (χ0) is 21.2. The number of hydrogen-bond donors (Lipinski definition) is 1. The maximum Gasteiger partial charge on any atom is 0.220 e. The monoisotopic (exact) mass is 429 g/mol. The summed E-state index contributed by atoms with van der Waals surface area (Å²) < 4.78 is 5.74. The van der Waals surface area contributed by atoms with Crippen LogP contribution >= 0.6 is 11.6 Å². The first-order chi connectivity index (χ1) is 14.6. The maximum absolute atomic E-state index is 12.0. The van der Waals surface area contributed by atoms with E-state index < -0.39 is 0 Å². The van der Waals surface area contributed by atoms with Crippen LogP contribution in [-0.2, 0) is 4.79 Å². The highest BCUT2D eigenvalue weighted by Crippen LogP contribution is 2.22. The molecule has 0 spiro atoms. The van der Waals surface area contributed by atoms with Crippen LogP contribution in [0.25, 0.3) is 0 Å². The molecule has 0 aliphatic carbocycles. The van der Waals surface area contributed by atoms with E-state index in [0.29, 0.717) is 24.5 Å². The molecule has 1 amide bonds. The highest BCUT2D eigenvalue weighted by Gasteiger charge is 2.16. The standard InChI is InChI=1S/C24H32ClN3O2/c1-20-19-21(25)10-11-23(20)30-18-5-9-24(29)26-12-6-13-27-14-16-28(17-15-27)22-7-3-2-4-8-22/h2-4,7-8,10-11,19H,5-6,9,12-18H2,1H3,(H,26,29). The van der Waals surface area contributed by atoms with Gasteiger partial charge in [-0.25, -0.2) is 0 Å². The van der Waals surface area contributed by atoms with Crippen molar-refractivity contribution in [3.63, 3.8) is 0 Å². The van der Waals surface area contributed by atoms with Crippen molar-refractivity contribution in [3.8, 4) is 5.75 Å². The Morgan fingerprint density at radius 2 is 1.83 bits per heavy atom. The van der Waals surface area contributed by atoms with E-state index in [4.69, 9.17) is 16.3 Å². The van der Waals surface area contributed by atoms with Gasteiger partial charge in [-0.2, -0.15) is 0 Å². The number of amides is 1. The van der Waals surface area contributed by atoms with Gasteiger partial charge in [-0.3, -0.25) is 9.69 Å². The van der Waals surface area contributed by atoms with Gasteiger partial charge in [0.15, 0.2) is 0 Å². The number of para-hydroxylation sites is 1. The molecule has 162 valence electrons. The van der Waals surface area contributed by atoms with Crippen molar-refractivity contribution >= 4 is 23.2 Å². The molecule has 5 nitrogen and oxygen atoms in total. The number of hydrogen-bond acceptors (Lipinski definition) is 4. The Kier molecular flexibility index (Phi) is 8.84. The number of anilines is 1. The van der Waals surface area contributed by atoms with E-state index in [1.165, 1.54) is 5.69 Å². The summed E-state index contributed by atoms with van der Waals surface area (Å²) in [6.45, 7) is 8.52. The summed E-state index contributed by atoms with van der Waals surface area (Å²) in [5.74, 6) is 0.924. The van der Waals surface area contributed by atoms with Crippen LogP contribution in [0, 0.1) is 6.92 Å². The lowest BCUT2D eigenvalue weighted by atomic mass is 10.2. The lowest BCUT2D eigenvalue weighted by Gasteiger charge is -2.36. The van der Waals surface area contributed by atoms with Crippen LogP contribution in [0.15, 0.2) is 48.5 Å². The fourth-order valence-corrected chi connectivity index (χ4v) is 3.90. The van der Waals surface area contributed by atoms with E-state index in [2.05, 4.69) is 45.4 Å². The summed E-state index contributed by atoms with van der Waals surface area (Å²) >= 11 is 5.95. The molecule has 1 N–H and O–H groups in total. The summed E-state index contributed by atoms with van der Waals surface area (Å²) in [6.07, 6.45) is 2.18. The first-order valence-corrected chi connectivity index (χ1v) is 11.2. The van der Waals surface area contributed by atoms with Gasteiger partial charge in [0.1, 0.15) is 5.75 Å². The average Bonchev–Trinajstić information content (AvgIpc) is 2.76. The van der Waals surface area contributed by atoms with Crippen LogP contribution in [0.2, 0.25) is 5.02 Å². The highest BCUT2D eigenvalue weighted by molar-refractivity contribution is 6.30. The van der Waals surface area contributed by atoms with Gasteiger partial charge in [0.05, 0.1) is 6.61 Å². The van der Waals surface area contributed by atoms with Crippen LogP contribution in [0.1, 0.15) is 24.8 Å². The Labute approximate surface area is 185 Å². The predicted molar refractivity (Wildman–Crippen MR) is 124 cm³/mol. The van der Waals surface area contributed by atoms with Gasteiger partial charge in [-0.1, -0.05) is 29.8 Å². The molecule has 1 saturated heterocycles. The number of aryl methyl sites for hydroxylation is 1. The first kappa shape index (κ1) is 22.4. The van der Waals surface area contributed by atoms with Gasteiger partial charge in [0.25, 0.3) is 0 Å². The molecule has 1 aliphatic rings. The molecular formula is C24H32ClN3O2. The second kappa shape index (κ2) is 11.8. The Balaban J connectivity index is 1.22. The first-order valence-electron chi connectivity index (χ1n) is 10.8. The summed E-state index contributed by atoms with van der Waals surface area (Å²) in [5.41, 5.74) is 2.32. The van der Waals surface area contributed by atoms with Gasteiger partial charge >= 0.3 is 0 Å². The maximum atomic E-state index is 12.0. The van der Waals surface area contributed by atoms with Gasteiger partial charge < -0.3 is 15.0 Å². The van der Waals surface area contributed by atoms with Crippen LogP contribution in [0.3, 0.4) is 0 Å². The molecule has 1 fully saturated rings.